The number of hydrogen-bond acceptors (Lipinski definition) is 6. The Labute approximate surface area is 222 Å². The summed E-state index contributed by atoms with van der Waals surface area (Å²) in [5.41, 5.74) is 3.06. The Morgan fingerprint density at radius 3 is 2.42 bits per heavy atom. The molecule has 3 aromatic carbocycles. The Balaban J connectivity index is 1.43. The Kier molecular flexibility index (Phi) is 8.88. The third kappa shape index (κ3) is 7.03. The van der Waals surface area contributed by atoms with Gasteiger partial charge < -0.3 is 10.4 Å². The van der Waals surface area contributed by atoms with Crippen LogP contribution in [-0.2, 0) is 27.7 Å². The van der Waals surface area contributed by atoms with E-state index in [1.165, 1.54) is 5.56 Å². The zero-order chi connectivity index (χ0) is 27.1. The third-order valence-electron chi connectivity index (χ3n) is 6.81. The van der Waals surface area contributed by atoms with Gasteiger partial charge in [-0.1, -0.05) is 54.6 Å². The second kappa shape index (κ2) is 12.3. The summed E-state index contributed by atoms with van der Waals surface area (Å²) in [6, 6.07) is 21.9. The fourth-order valence-corrected chi connectivity index (χ4v) is 5.90. The molecule has 3 atom stereocenters. The van der Waals surface area contributed by atoms with Gasteiger partial charge in [-0.05, 0) is 60.9 Å². The van der Waals surface area contributed by atoms with E-state index in [9.17, 15) is 28.4 Å². The predicted octanol–water partition coefficient (Wildman–Crippen LogP) is 3.68. The number of aliphatic hydroxyl groups excluding tert-OH is 1. The highest BCUT2D eigenvalue weighted by Gasteiger charge is 2.28. The number of benzene rings is 3. The van der Waals surface area contributed by atoms with Crippen LogP contribution in [0.25, 0.3) is 0 Å². The lowest BCUT2D eigenvalue weighted by atomic mass is 9.86. The highest BCUT2D eigenvalue weighted by atomic mass is 32.2. The first-order valence-electron chi connectivity index (χ1n) is 12.6. The molecule has 0 radical (unpaired) electrons. The molecule has 0 bridgehead atoms. The van der Waals surface area contributed by atoms with Gasteiger partial charge in [-0.25, -0.2) is 13.1 Å². The van der Waals surface area contributed by atoms with Crippen molar-refractivity contribution < 1.29 is 23.2 Å². The minimum atomic E-state index is -4.00. The molecular formula is C28H31N3O6S. The van der Waals surface area contributed by atoms with Crippen molar-refractivity contribution in [2.45, 2.75) is 49.1 Å². The van der Waals surface area contributed by atoms with E-state index < -0.39 is 27.0 Å². The number of aliphatic hydroxyl groups is 1. The molecule has 1 aliphatic carbocycles. The smallest absolute Gasteiger partial charge is 0.269 e. The van der Waals surface area contributed by atoms with Crippen LogP contribution < -0.4 is 10.0 Å². The van der Waals surface area contributed by atoms with Crippen LogP contribution in [0.2, 0.25) is 0 Å². The van der Waals surface area contributed by atoms with Gasteiger partial charge in [0.25, 0.3) is 5.69 Å². The number of hydrogen-bond donors (Lipinski definition) is 3. The van der Waals surface area contributed by atoms with Crippen molar-refractivity contribution in [1.82, 2.24) is 10.0 Å². The Bertz CT molecular complexity index is 1360. The maximum Gasteiger partial charge on any atom is 0.269 e. The summed E-state index contributed by atoms with van der Waals surface area (Å²) in [7, 11) is -4.00. The number of rotatable bonds is 11. The van der Waals surface area contributed by atoms with Crippen molar-refractivity contribution in [1.29, 1.82) is 0 Å². The van der Waals surface area contributed by atoms with Gasteiger partial charge in [-0.2, -0.15) is 0 Å². The molecule has 10 heteroatoms. The minimum Gasteiger partial charge on any atom is -0.392 e. The van der Waals surface area contributed by atoms with Gasteiger partial charge in [-0.3, -0.25) is 14.9 Å². The largest absolute Gasteiger partial charge is 0.392 e. The zero-order valence-electron chi connectivity index (χ0n) is 20.8. The van der Waals surface area contributed by atoms with E-state index in [0.717, 1.165) is 54.7 Å². The lowest BCUT2D eigenvalue weighted by Gasteiger charge is -2.29. The molecule has 0 aliphatic heterocycles. The molecule has 3 aromatic rings. The Morgan fingerprint density at radius 2 is 1.71 bits per heavy atom. The normalized spacial score (nSPS) is 16.7. The van der Waals surface area contributed by atoms with E-state index >= 15 is 0 Å². The van der Waals surface area contributed by atoms with E-state index in [1.54, 1.807) is 0 Å². The molecule has 3 N–H and O–H groups in total. The van der Waals surface area contributed by atoms with Crippen molar-refractivity contribution in [2.24, 2.45) is 5.92 Å². The molecule has 1 aliphatic rings. The first-order valence-corrected chi connectivity index (χ1v) is 14.1. The molecule has 0 heterocycles. The van der Waals surface area contributed by atoms with E-state index in [0.29, 0.717) is 6.42 Å². The lowest BCUT2D eigenvalue weighted by molar-refractivity contribution is -0.384. The van der Waals surface area contributed by atoms with Gasteiger partial charge in [0.1, 0.15) is 0 Å². The van der Waals surface area contributed by atoms with Crippen molar-refractivity contribution in [3.05, 3.63) is 106 Å². The summed E-state index contributed by atoms with van der Waals surface area (Å²) >= 11 is 0. The number of nitro groups is 1. The summed E-state index contributed by atoms with van der Waals surface area (Å²) in [5, 5.41) is 24.7. The van der Waals surface area contributed by atoms with Crippen molar-refractivity contribution in [2.75, 3.05) is 6.54 Å². The van der Waals surface area contributed by atoms with Crippen molar-refractivity contribution >= 4 is 21.6 Å². The fraction of sp³-hybridized carbons (Fsp3) is 0.321. The minimum absolute atomic E-state index is 0.0534. The van der Waals surface area contributed by atoms with Gasteiger partial charge in [-0.15, -0.1) is 0 Å². The topological polar surface area (TPSA) is 139 Å². The standard InChI is InChI=1S/C28H31N3O6S/c32-24(19-29-38(36,37)25-15-13-23(14-16-25)31(34)35)18-22(17-20-7-2-1-3-8-20)28(33)30-27-12-6-10-21-9-4-5-11-26(21)27/h1-5,7-9,11,13-16,22,24,27,29,32H,6,10,12,17-19H2,(H,30,33)/t22-,24-,27?/m0/s1. The Hall–Kier alpha value is -3.60. The SMILES string of the molecule is O=C(NC1CCCc2ccccc21)[C@@H](Cc1ccccc1)C[C@H](O)CNS(=O)(=O)c1ccc([N+](=O)[O-])cc1. The van der Waals surface area contributed by atoms with E-state index in [2.05, 4.69) is 16.1 Å². The average Bonchev–Trinajstić information content (AvgIpc) is 2.92. The van der Waals surface area contributed by atoms with Gasteiger partial charge in [0.05, 0.1) is 22.0 Å². The Morgan fingerprint density at radius 1 is 1.03 bits per heavy atom. The number of aryl methyl sites for hydroxylation is 1. The number of carbonyl (C=O) groups excluding carboxylic acids is 1. The number of nitro benzene ring substituents is 1. The molecule has 0 spiro atoms. The summed E-state index contributed by atoms with van der Waals surface area (Å²) in [6.07, 6.45) is 2.10. The molecule has 38 heavy (non-hydrogen) atoms. The van der Waals surface area contributed by atoms with E-state index in [1.807, 2.05) is 48.5 Å². The van der Waals surface area contributed by atoms with Gasteiger partial charge in [0.15, 0.2) is 0 Å². The summed E-state index contributed by atoms with van der Waals surface area (Å²) in [5.74, 6) is -0.766. The number of non-ortho nitro benzene ring substituents is 1. The van der Waals surface area contributed by atoms with Crippen molar-refractivity contribution in [3.8, 4) is 0 Å². The monoisotopic (exact) mass is 537 g/mol. The second-order valence-electron chi connectivity index (χ2n) is 9.53. The summed E-state index contributed by atoms with van der Waals surface area (Å²) in [4.78, 5) is 23.5. The molecule has 0 saturated heterocycles. The van der Waals surface area contributed by atoms with Crippen molar-refractivity contribution in [3.63, 3.8) is 0 Å². The second-order valence-corrected chi connectivity index (χ2v) is 11.3. The number of fused-ring (bicyclic) bond motifs is 1. The number of nitrogens with one attached hydrogen (secondary N) is 2. The molecule has 0 saturated carbocycles. The number of amides is 1. The van der Waals surface area contributed by atoms with Crippen LogP contribution in [0, 0.1) is 16.0 Å². The van der Waals surface area contributed by atoms with Gasteiger partial charge in [0, 0.05) is 24.6 Å². The van der Waals surface area contributed by atoms with Gasteiger partial charge in [0.2, 0.25) is 15.9 Å². The molecule has 9 nitrogen and oxygen atoms in total. The predicted molar refractivity (Wildman–Crippen MR) is 143 cm³/mol. The average molecular weight is 538 g/mol. The zero-order valence-corrected chi connectivity index (χ0v) is 21.6. The van der Waals surface area contributed by atoms with Gasteiger partial charge >= 0.3 is 0 Å². The number of sulfonamides is 1. The number of carbonyl (C=O) groups is 1. The van der Waals surface area contributed by atoms with E-state index in [-0.39, 0.29) is 35.5 Å². The molecule has 1 amide bonds. The first-order chi connectivity index (χ1) is 18.2. The molecule has 200 valence electrons. The van der Waals surface area contributed by atoms with Crippen LogP contribution in [0.5, 0.6) is 0 Å². The molecule has 4 rings (SSSR count). The molecule has 1 unspecified atom stereocenters. The highest BCUT2D eigenvalue weighted by molar-refractivity contribution is 7.89. The summed E-state index contributed by atoms with van der Waals surface area (Å²) in [6.45, 7) is -0.301. The lowest BCUT2D eigenvalue weighted by Crippen LogP contribution is -2.40. The number of nitrogens with zero attached hydrogens (tertiary/aromatic N) is 1. The molecule has 0 fully saturated rings. The van der Waals surface area contributed by atoms with Crippen LogP contribution in [0.4, 0.5) is 5.69 Å². The fourth-order valence-electron chi connectivity index (χ4n) is 4.82. The first kappa shape index (κ1) is 27.4. The van der Waals surface area contributed by atoms with Crippen LogP contribution in [-0.4, -0.2) is 37.0 Å². The molecular weight excluding hydrogens is 506 g/mol. The molecule has 0 aromatic heterocycles. The van der Waals surface area contributed by atoms with Crippen LogP contribution >= 0.6 is 0 Å². The maximum absolute atomic E-state index is 13.5. The quantitative estimate of drug-likeness (QED) is 0.252. The van der Waals surface area contributed by atoms with Crippen LogP contribution in [0.3, 0.4) is 0 Å². The highest BCUT2D eigenvalue weighted by Crippen LogP contribution is 2.30. The van der Waals surface area contributed by atoms with Crippen LogP contribution in [0.1, 0.15) is 42.0 Å². The summed E-state index contributed by atoms with van der Waals surface area (Å²) < 4.78 is 27.6. The maximum atomic E-state index is 13.5. The van der Waals surface area contributed by atoms with E-state index in [4.69, 9.17) is 0 Å². The third-order valence-corrected chi connectivity index (χ3v) is 8.24. The van der Waals surface area contributed by atoms with Crippen LogP contribution in [0.15, 0.2) is 83.8 Å².